The van der Waals surface area contributed by atoms with Gasteiger partial charge in [0.05, 0.1) is 0 Å². The fraction of sp³-hybridized carbons (Fsp3) is 1.00. The van der Waals surface area contributed by atoms with Crippen LogP contribution in [0.3, 0.4) is 0 Å². The van der Waals surface area contributed by atoms with Crippen LogP contribution >= 0.6 is 24.8 Å². The molecule has 0 amide bonds. The number of piperazine rings is 1. The molecule has 2 atom stereocenters. The molecule has 0 aliphatic carbocycles. The van der Waals surface area contributed by atoms with Gasteiger partial charge in [0.15, 0.2) is 0 Å². The zero-order valence-electron chi connectivity index (χ0n) is 6.39. The van der Waals surface area contributed by atoms with Crippen molar-refractivity contribution in [1.29, 1.82) is 0 Å². The predicted molar refractivity (Wildman–Crippen MR) is 49.4 cm³/mol. The Labute approximate surface area is 75.0 Å². The normalized spacial score (nSPS) is 31.8. The van der Waals surface area contributed by atoms with Gasteiger partial charge in [0.25, 0.3) is 0 Å². The number of hydrogen-bond acceptors (Lipinski definition) is 2. The summed E-state index contributed by atoms with van der Waals surface area (Å²) in [5.74, 6) is 0. The van der Waals surface area contributed by atoms with Crippen molar-refractivity contribution in [2.24, 2.45) is 0 Å². The average molecular weight is 187 g/mol. The van der Waals surface area contributed by atoms with E-state index in [-0.39, 0.29) is 24.8 Å². The first-order valence-electron chi connectivity index (χ1n) is 3.26. The summed E-state index contributed by atoms with van der Waals surface area (Å²) in [6.07, 6.45) is 0. The molecular formula is C6H16Cl2N2. The van der Waals surface area contributed by atoms with E-state index in [4.69, 9.17) is 0 Å². The zero-order valence-corrected chi connectivity index (χ0v) is 8.02. The minimum absolute atomic E-state index is 0. The van der Waals surface area contributed by atoms with Crippen LogP contribution in [-0.4, -0.2) is 25.2 Å². The van der Waals surface area contributed by atoms with E-state index in [1.165, 1.54) is 0 Å². The molecule has 0 saturated carbocycles. The molecule has 0 radical (unpaired) electrons. The van der Waals surface area contributed by atoms with Crippen molar-refractivity contribution in [3.05, 3.63) is 0 Å². The molecule has 1 aliphatic heterocycles. The lowest BCUT2D eigenvalue weighted by Crippen LogP contribution is -2.51. The number of hydrogen-bond donors (Lipinski definition) is 2. The SMILES string of the molecule is C[C@H]1CN[C@@H](C)CN1.Cl.Cl. The van der Waals surface area contributed by atoms with Crippen LogP contribution in [0.5, 0.6) is 0 Å². The van der Waals surface area contributed by atoms with Gasteiger partial charge in [0.1, 0.15) is 0 Å². The minimum atomic E-state index is 0. The number of nitrogens with one attached hydrogen (secondary N) is 2. The lowest BCUT2D eigenvalue weighted by atomic mass is 10.2. The molecule has 64 valence electrons. The fourth-order valence-electron chi connectivity index (χ4n) is 0.900. The maximum absolute atomic E-state index is 3.37. The van der Waals surface area contributed by atoms with Crippen LogP contribution in [0.1, 0.15) is 13.8 Å². The lowest BCUT2D eigenvalue weighted by molar-refractivity contribution is 0.376. The van der Waals surface area contributed by atoms with Crippen molar-refractivity contribution in [3.63, 3.8) is 0 Å². The van der Waals surface area contributed by atoms with Crippen LogP contribution in [0.2, 0.25) is 0 Å². The molecule has 1 rings (SSSR count). The van der Waals surface area contributed by atoms with Gasteiger partial charge in [0.2, 0.25) is 0 Å². The van der Waals surface area contributed by atoms with Crippen molar-refractivity contribution in [3.8, 4) is 0 Å². The van der Waals surface area contributed by atoms with E-state index in [0.29, 0.717) is 12.1 Å². The number of rotatable bonds is 0. The first-order chi connectivity index (χ1) is 3.79. The monoisotopic (exact) mass is 186 g/mol. The third-order valence-corrected chi connectivity index (χ3v) is 1.54. The Bertz CT molecular complexity index is 62.1. The number of halogens is 2. The Morgan fingerprint density at radius 2 is 1.20 bits per heavy atom. The van der Waals surface area contributed by atoms with Gasteiger partial charge >= 0.3 is 0 Å². The lowest BCUT2D eigenvalue weighted by Gasteiger charge is -2.26. The van der Waals surface area contributed by atoms with Crippen molar-refractivity contribution >= 4 is 24.8 Å². The predicted octanol–water partition coefficient (Wildman–Crippen LogP) is 0.800. The average Bonchev–Trinajstić information content (AvgIpc) is 1.77. The van der Waals surface area contributed by atoms with Gasteiger partial charge in [-0.15, -0.1) is 24.8 Å². The summed E-state index contributed by atoms with van der Waals surface area (Å²) in [6.45, 7) is 6.61. The van der Waals surface area contributed by atoms with Gasteiger partial charge < -0.3 is 10.6 Å². The van der Waals surface area contributed by atoms with Crippen molar-refractivity contribution < 1.29 is 0 Å². The molecular weight excluding hydrogens is 171 g/mol. The van der Waals surface area contributed by atoms with E-state index in [1.807, 2.05) is 0 Å². The third-order valence-electron chi connectivity index (χ3n) is 1.54. The second-order valence-electron chi connectivity index (χ2n) is 2.62. The van der Waals surface area contributed by atoms with Crippen LogP contribution in [0.25, 0.3) is 0 Å². The highest BCUT2D eigenvalue weighted by atomic mass is 35.5. The van der Waals surface area contributed by atoms with Crippen LogP contribution in [0.4, 0.5) is 0 Å². The standard InChI is InChI=1S/C6H14N2.2ClH/c1-5-3-8-6(2)4-7-5;;/h5-8H,3-4H2,1-2H3;2*1H/t5-,6-;;/m0../s1. The van der Waals surface area contributed by atoms with Crippen LogP contribution in [0, 0.1) is 0 Å². The van der Waals surface area contributed by atoms with Gasteiger partial charge in [-0.1, -0.05) is 0 Å². The summed E-state index contributed by atoms with van der Waals surface area (Å²) in [7, 11) is 0. The van der Waals surface area contributed by atoms with Gasteiger partial charge in [0, 0.05) is 25.2 Å². The van der Waals surface area contributed by atoms with E-state index >= 15 is 0 Å². The molecule has 2 N–H and O–H groups in total. The summed E-state index contributed by atoms with van der Waals surface area (Å²) in [6, 6.07) is 1.32. The fourth-order valence-corrected chi connectivity index (χ4v) is 0.900. The minimum Gasteiger partial charge on any atom is -0.311 e. The highest BCUT2D eigenvalue weighted by molar-refractivity contribution is 5.85. The largest absolute Gasteiger partial charge is 0.311 e. The van der Waals surface area contributed by atoms with E-state index in [2.05, 4.69) is 24.5 Å². The van der Waals surface area contributed by atoms with Gasteiger partial charge in [-0.2, -0.15) is 0 Å². The first-order valence-corrected chi connectivity index (χ1v) is 3.26. The topological polar surface area (TPSA) is 24.1 Å². The Hall–Kier alpha value is 0.500. The van der Waals surface area contributed by atoms with E-state index < -0.39 is 0 Å². The van der Waals surface area contributed by atoms with Gasteiger partial charge in [-0.3, -0.25) is 0 Å². The first kappa shape index (κ1) is 13.1. The maximum atomic E-state index is 3.37. The molecule has 1 saturated heterocycles. The van der Waals surface area contributed by atoms with E-state index in [9.17, 15) is 0 Å². The molecule has 0 aromatic carbocycles. The van der Waals surface area contributed by atoms with Crippen LogP contribution in [0.15, 0.2) is 0 Å². The quantitative estimate of drug-likeness (QED) is 0.586. The van der Waals surface area contributed by atoms with Crippen LogP contribution in [-0.2, 0) is 0 Å². The second-order valence-corrected chi connectivity index (χ2v) is 2.62. The molecule has 1 aliphatic rings. The molecule has 0 spiro atoms. The molecule has 0 bridgehead atoms. The second kappa shape index (κ2) is 6.23. The highest BCUT2D eigenvalue weighted by Crippen LogP contribution is 1.89. The third kappa shape index (κ3) is 4.34. The van der Waals surface area contributed by atoms with E-state index in [1.54, 1.807) is 0 Å². The molecule has 0 aromatic rings. The highest BCUT2D eigenvalue weighted by Gasteiger charge is 2.10. The summed E-state index contributed by atoms with van der Waals surface area (Å²) < 4.78 is 0. The maximum Gasteiger partial charge on any atom is 0.0164 e. The van der Waals surface area contributed by atoms with Crippen LogP contribution < -0.4 is 10.6 Å². The Morgan fingerprint density at radius 3 is 1.40 bits per heavy atom. The molecule has 0 aromatic heterocycles. The summed E-state index contributed by atoms with van der Waals surface area (Å²) in [5, 5.41) is 6.74. The van der Waals surface area contributed by atoms with Crippen molar-refractivity contribution in [1.82, 2.24) is 10.6 Å². The van der Waals surface area contributed by atoms with Gasteiger partial charge in [-0.25, -0.2) is 0 Å². The molecule has 4 heteroatoms. The molecule has 10 heavy (non-hydrogen) atoms. The Morgan fingerprint density at radius 1 is 0.900 bits per heavy atom. The smallest absolute Gasteiger partial charge is 0.0164 e. The van der Waals surface area contributed by atoms with Gasteiger partial charge in [-0.05, 0) is 13.8 Å². The zero-order chi connectivity index (χ0) is 5.98. The van der Waals surface area contributed by atoms with E-state index in [0.717, 1.165) is 13.1 Å². The molecule has 1 heterocycles. The Balaban J connectivity index is 0. The molecule has 2 nitrogen and oxygen atoms in total. The summed E-state index contributed by atoms with van der Waals surface area (Å²) in [4.78, 5) is 0. The van der Waals surface area contributed by atoms with Crippen molar-refractivity contribution in [2.45, 2.75) is 25.9 Å². The molecule has 0 unspecified atom stereocenters. The Kier molecular flexibility index (Phi) is 8.17. The summed E-state index contributed by atoms with van der Waals surface area (Å²) in [5.41, 5.74) is 0. The molecule has 1 fully saturated rings. The van der Waals surface area contributed by atoms with Crippen molar-refractivity contribution in [2.75, 3.05) is 13.1 Å². The summed E-state index contributed by atoms with van der Waals surface area (Å²) >= 11 is 0.